The lowest BCUT2D eigenvalue weighted by Crippen LogP contribution is -2.50. The van der Waals surface area contributed by atoms with Crippen molar-refractivity contribution in [2.75, 3.05) is 117 Å². The van der Waals surface area contributed by atoms with Gasteiger partial charge in [-0.1, -0.05) is 380 Å². The molecule has 0 saturated heterocycles. The first-order valence-electron chi connectivity index (χ1n) is 40.3. The molecule has 9 N–H and O–H groups in total. The number of benzene rings is 12. The normalized spacial score (nSPS) is 11.3. The molecule has 0 aromatic heterocycles. The molecule has 12 aromatic carbocycles. The summed E-state index contributed by atoms with van der Waals surface area (Å²) in [5.41, 5.74) is 22.9. The minimum Gasteiger partial charge on any atom is -0.395 e. The van der Waals surface area contributed by atoms with Gasteiger partial charge in [-0.15, -0.1) is 0 Å². The third kappa shape index (κ3) is 24.0. The standard InChI is InChI=1S/C50H52N4O6.C48H46BrN3O5.C2H7NO/c51-46(56)38-53(32-35-59-49(40-19-7-1-8-20-40,41-21-9-2-10-22-41)42-23-11-3-12-24-42)48(58)39-54(47(57)37-52-31-34-55)33-36-60-50(43-25-13-4-14-26-43,44-27-15-5-16-28-44)45-29-17-6-18-30-45;49-35-45(54)52(32-34-57-48(41-25-13-4-14-26-41,42-27-15-5-16-28-42)43-29-17-6-18-30-43)37-46(55)51(36-44(50)53)31-33-56-47(38-19-7-1-8-20-38,39-21-9-2-10-22-39)40-23-11-3-12-24-40;3-1-2-4/h1-30,52,55H,31-39H2,(H2,51,56);1-30H,31-37H2,(H2,50,53);4H,1-3H2. The van der Waals surface area contributed by atoms with E-state index in [0.717, 1.165) is 66.8 Å². The van der Waals surface area contributed by atoms with Crippen LogP contribution in [-0.4, -0.2) is 182 Å². The Morgan fingerprint density at radius 2 is 0.455 bits per heavy atom. The molecule has 0 heterocycles. The van der Waals surface area contributed by atoms with Crippen LogP contribution in [0.1, 0.15) is 66.8 Å². The number of carbonyl (C=O) groups is 6. The molecular formula is C100H105BrN8O12. The third-order valence-electron chi connectivity index (χ3n) is 20.4. The van der Waals surface area contributed by atoms with Gasteiger partial charge in [-0.05, 0) is 66.8 Å². The lowest BCUT2D eigenvalue weighted by atomic mass is 9.80. The molecular weight excluding hydrogens is 1590 g/mol. The molecule has 0 aliphatic rings. The minimum atomic E-state index is -1.05. The fourth-order valence-electron chi connectivity index (χ4n) is 14.9. The summed E-state index contributed by atoms with van der Waals surface area (Å²) >= 11 is 3.30. The molecule has 21 heteroatoms. The number of nitrogens with zero attached hydrogens (tertiary/aromatic N) is 4. The van der Waals surface area contributed by atoms with Crippen molar-refractivity contribution in [3.8, 4) is 0 Å². The molecule has 0 atom stereocenters. The van der Waals surface area contributed by atoms with Crippen molar-refractivity contribution in [2.24, 2.45) is 17.2 Å². The van der Waals surface area contributed by atoms with Crippen LogP contribution in [-0.2, 0) is 70.1 Å². The number of alkyl halides is 1. The fraction of sp³-hybridized carbons (Fsp3) is 0.220. The van der Waals surface area contributed by atoms with Crippen LogP contribution in [0.15, 0.2) is 364 Å². The van der Waals surface area contributed by atoms with Gasteiger partial charge in [0.05, 0.1) is 77.7 Å². The molecule has 20 nitrogen and oxygen atoms in total. The number of carbonyl (C=O) groups excluding carboxylic acids is 6. The van der Waals surface area contributed by atoms with Crippen molar-refractivity contribution in [1.82, 2.24) is 24.9 Å². The second kappa shape index (κ2) is 47.4. The maximum atomic E-state index is 14.3. The van der Waals surface area contributed by atoms with Gasteiger partial charge in [0.25, 0.3) is 0 Å². The summed E-state index contributed by atoms with van der Waals surface area (Å²) in [5, 5.41) is 20.1. The quantitative estimate of drug-likeness (QED) is 0.0118. The summed E-state index contributed by atoms with van der Waals surface area (Å²) in [4.78, 5) is 86.0. The van der Waals surface area contributed by atoms with Gasteiger partial charge >= 0.3 is 0 Å². The van der Waals surface area contributed by atoms with E-state index in [0.29, 0.717) is 6.54 Å². The van der Waals surface area contributed by atoms with E-state index in [1.165, 1.54) is 19.6 Å². The Hall–Kier alpha value is -12.4. The lowest BCUT2D eigenvalue weighted by Gasteiger charge is -2.37. The summed E-state index contributed by atoms with van der Waals surface area (Å²) in [5.74, 6) is -2.99. The molecule has 0 fully saturated rings. The number of aliphatic hydroxyl groups is 2. The molecule has 0 saturated carbocycles. The van der Waals surface area contributed by atoms with Gasteiger partial charge in [0.2, 0.25) is 35.4 Å². The highest BCUT2D eigenvalue weighted by molar-refractivity contribution is 9.09. The molecule has 0 aliphatic heterocycles. The first-order chi connectivity index (χ1) is 59.2. The number of amides is 6. The summed E-state index contributed by atoms with van der Waals surface area (Å²) in [6, 6.07) is 119. The van der Waals surface area contributed by atoms with E-state index < -0.39 is 46.0 Å². The second-order valence-corrected chi connectivity index (χ2v) is 28.8. The number of nitrogens with two attached hydrogens (primary N) is 3. The van der Waals surface area contributed by atoms with E-state index >= 15 is 0 Å². The molecule has 0 spiro atoms. The number of ether oxygens (including phenoxy) is 4. The zero-order chi connectivity index (χ0) is 85.4. The number of hydrogen-bond donors (Lipinski definition) is 6. The number of halogens is 1. The maximum Gasteiger partial charge on any atom is 0.242 e. The lowest BCUT2D eigenvalue weighted by molar-refractivity contribution is -0.143. The molecule has 0 bridgehead atoms. The van der Waals surface area contributed by atoms with Crippen molar-refractivity contribution in [3.63, 3.8) is 0 Å². The fourth-order valence-corrected chi connectivity index (χ4v) is 15.2. The van der Waals surface area contributed by atoms with Crippen LogP contribution in [0.4, 0.5) is 0 Å². The monoisotopic (exact) mass is 1690 g/mol. The Morgan fingerprint density at radius 1 is 0.281 bits per heavy atom. The zero-order valence-corrected chi connectivity index (χ0v) is 69.3. The molecule has 12 aromatic rings. The molecule has 121 heavy (non-hydrogen) atoms. The summed E-state index contributed by atoms with van der Waals surface area (Å²) in [6.45, 7) is -0.565. The highest BCUT2D eigenvalue weighted by atomic mass is 79.9. The van der Waals surface area contributed by atoms with Crippen LogP contribution in [0.25, 0.3) is 0 Å². The number of rotatable bonds is 42. The Bertz CT molecular complexity index is 4670. The average molecular weight is 1690 g/mol. The topological polar surface area (TPSA) is 283 Å². The molecule has 0 aliphatic carbocycles. The third-order valence-corrected chi connectivity index (χ3v) is 20.9. The average Bonchev–Trinajstić information content (AvgIpc) is 0.776. The molecule has 624 valence electrons. The number of hydrogen-bond acceptors (Lipinski definition) is 14. The first-order valence-corrected chi connectivity index (χ1v) is 41.4. The minimum absolute atomic E-state index is 0.00580. The van der Waals surface area contributed by atoms with Gasteiger partial charge in [0.1, 0.15) is 22.4 Å². The van der Waals surface area contributed by atoms with Gasteiger partial charge < -0.3 is 71.3 Å². The van der Waals surface area contributed by atoms with Crippen LogP contribution in [0.2, 0.25) is 0 Å². The van der Waals surface area contributed by atoms with Crippen LogP contribution < -0.4 is 22.5 Å². The predicted molar refractivity (Wildman–Crippen MR) is 475 cm³/mol. The molecule has 0 radical (unpaired) electrons. The van der Waals surface area contributed by atoms with E-state index in [1.807, 2.05) is 364 Å². The summed E-state index contributed by atoms with van der Waals surface area (Å²) in [6.07, 6.45) is 0. The SMILES string of the molecule is NC(=O)CN(CCOC(c1ccccc1)(c1ccccc1)c1ccccc1)C(=O)CN(CCOC(c1ccccc1)(c1ccccc1)c1ccccc1)C(=O)CBr.NC(=O)CN(CCOC(c1ccccc1)(c1ccccc1)c1ccccc1)C(=O)CN(CCOC(c1ccccc1)(c1ccccc1)c1ccccc1)C(=O)CNCCO.NCCO. The van der Waals surface area contributed by atoms with E-state index in [-0.39, 0.29) is 122 Å². The molecule has 6 amide bonds. The van der Waals surface area contributed by atoms with Crippen LogP contribution in [0.3, 0.4) is 0 Å². The van der Waals surface area contributed by atoms with Gasteiger partial charge in [0.15, 0.2) is 0 Å². The smallest absolute Gasteiger partial charge is 0.242 e. The number of primary amides is 2. The van der Waals surface area contributed by atoms with Crippen LogP contribution in [0, 0.1) is 0 Å². The Balaban J connectivity index is 0.000000243. The Labute approximate surface area is 717 Å². The predicted octanol–water partition coefficient (Wildman–Crippen LogP) is 12.2. The Kier molecular flexibility index (Phi) is 35.6. The van der Waals surface area contributed by atoms with E-state index in [9.17, 15) is 33.9 Å². The van der Waals surface area contributed by atoms with Crippen LogP contribution in [0.5, 0.6) is 0 Å². The van der Waals surface area contributed by atoms with Crippen molar-refractivity contribution < 1.29 is 57.9 Å². The van der Waals surface area contributed by atoms with Gasteiger partial charge in [-0.2, -0.15) is 0 Å². The first kappa shape index (κ1) is 90.9. The Morgan fingerprint density at radius 3 is 0.612 bits per heavy atom. The number of nitrogens with one attached hydrogen (secondary N) is 1. The zero-order valence-electron chi connectivity index (χ0n) is 67.7. The van der Waals surface area contributed by atoms with Crippen molar-refractivity contribution in [1.29, 1.82) is 0 Å². The summed E-state index contributed by atoms with van der Waals surface area (Å²) < 4.78 is 27.7. The largest absolute Gasteiger partial charge is 0.395 e. The maximum absolute atomic E-state index is 14.3. The number of aliphatic hydroxyl groups excluding tert-OH is 2. The van der Waals surface area contributed by atoms with Crippen molar-refractivity contribution >= 4 is 51.4 Å². The highest BCUT2D eigenvalue weighted by Crippen LogP contribution is 2.45. The highest BCUT2D eigenvalue weighted by Gasteiger charge is 2.43. The molecule has 0 unspecified atom stereocenters. The van der Waals surface area contributed by atoms with E-state index in [1.54, 1.807) is 0 Å². The van der Waals surface area contributed by atoms with Crippen molar-refractivity contribution in [3.05, 3.63) is 431 Å². The second-order valence-electron chi connectivity index (χ2n) is 28.3. The van der Waals surface area contributed by atoms with Gasteiger partial charge in [-0.3, -0.25) is 28.8 Å². The molecule has 12 rings (SSSR count). The van der Waals surface area contributed by atoms with Crippen LogP contribution >= 0.6 is 15.9 Å². The van der Waals surface area contributed by atoms with Gasteiger partial charge in [0, 0.05) is 39.3 Å². The van der Waals surface area contributed by atoms with E-state index in [4.69, 9.17) is 41.3 Å². The van der Waals surface area contributed by atoms with E-state index in [2.05, 4.69) is 21.2 Å². The summed E-state index contributed by atoms with van der Waals surface area (Å²) in [7, 11) is 0. The van der Waals surface area contributed by atoms with Crippen molar-refractivity contribution in [2.45, 2.75) is 22.4 Å². The van der Waals surface area contributed by atoms with Gasteiger partial charge in [-0.25, -0.2) is 0 Å².